The van der Waals surface area contributed by atoms with E-state index in [2.05, 4.69) is 5.32 Å². The smallest absolute Gasteiger partial charge is 0.243 e. The molecule has 0 fully saturated rings. The van der Waals surface area contributed by atoms with E-state index in [4.69, 9.17) is 39.5 Å². The molecular formula is C24H23Cl3N2O4S. The molecule has 6 nitrogen and oxygen atoms in total. The molecular weight excluding hydrogens is 519 g/mol. The average Bonchev–Trinajstić information content (AvgIpc) is 2.80. The minimum absolute atomic E-state index is 0.0687. The molecule has 0 aliphatic carbocycles. The number of hydrogen-bond acceptors (Lipinski definition) is 4. The van der Waals surface area contributed by atoms with E-state index in [-0.39, 0.29) is 32.2 Å². The summed E-state index contributed by atoms with van der Waals surface area (Å²) in [6.07, 6.45) is 0.427. The number of hydrogen-bond donors (Lipinski definition) is 1. The van der Waals surface area contributed by atoms with Crippen molar-refractivity contribution in [3.63, 3.8) is 0 Å². The summed E-state index contributed by atoms with van der Waals surface area (Å²) in [5.74, 6) is 0.00365. The van der Waals surface area contributed by atoms with Crippen LogP contribution in [0.25, 0.3) is 0 Å². The normalized spacial score (nSPS) is 11.5. The Balaban J connectivity index is 1.87. The number of aryl methyl sites for hydroxylation is 1. The van der Waals surface area contributed by atoms with Gasteiger partial charge in [-0.1, -0.05) is 65.1 Å². The number of sulfonamides is 1. The molecule has 3 rings (SSSR count). The Morgan fingerprint density at radius 3 is 2.29 bits per heavy atom. The van der Waals surface area contributed by atoms with Crippen LogP contribution < -0.4 is 10.1 Å². The van der Waals surface area contributed by atoms with Crippen LogP contribution in [0.1, 0.15) is 11.1 Å². The fourth-order valence-electron chi connectivity index (χ4n) is 3.31. The number of rotatable bonds is 9. The van der Waals surface area contributed by atoms with Crippen molar-refractivity contribution < 1.29 is 17.9 Å². The van der Waals surface area contributed by atoms with E-state index >= 15 is 0 Å². The molecule has 34 heavy (non-hydrogen) atoms. The summed E-state index contributed by atoms with van der Waals surface area (Å²) in [6, 6.07) is 16.8. The number of amides is 1. The van der Waals surface area contributed by atoms with Crippen LogP contribution in [0.4, 0.5) is 5.69 Å². The average molecular weight is 542 g/mol. The highest BCUT2D eigenvalue weighted by molar-refractivity contribution is 7.89. The van der Waals surface area contributed by atoms with Crippen molar-refractivity contribution in [3.05, 3.63) is 86.9 Å². The molecule has 0 heterocycles. The summed E-state index contributed by atoms with van der Waals surface area (Å²) in [6.45, 7) is 1.43. The predicted molar refractivity (Wildman–Crippen MR) is 137 cm³/mol. The van der Waals surface area contributed by atoms with Crippen LogP contribution in [0.15, 0.2) is 65.6 Å². The molecule has 0 atom stereocenters. The van der Waals surface area contributed by atoms with Crippen molar-refractivity contribution in [2.75, 3.05) is 25.5 Å². The molecule has 1 amide bonds. The Hall–Kier alpha value is -2.29. The third kappa shape index (κ3) is 6.43. The predicted octanol–water partition coefficient (Wildman–Crippen LogP) is 5.84. The number of nitrogens with zero attached hydrogens (tertiary/aromatic N) is 1. The van der Waals surface area contributed by atoms with E-state index in [0.29, 0.717) is 17.7 Å². The quantitative estimate of drug-likeness (QED) is 0.346. The summed E-state index contributed by atoms with van der Waals surface area (Å²) >= 11 is 18.1. The van der Waals surface area contributed by atoms with Crippen molar-refractivity contribution in [2.45, 2.75) is 18.2 Å². The molecule has 0 bridgehead atoms. The highest BCUT2D eigenvalue weighted by atomic mass is 35.5. The molecule has 0 spiro atoms. The second-order valence-corrected chi connectivity index (χ2v) is 10.7. The van der Waals surface area contributed by atoms with Gasteiger partial charge in [0.25, 0.3) is 0 Å². The van der Waals surface area contributed by atoms with Gasteiger partial charge in [-0.15, -0.1) is 0 Å². The third-order valence-corrected chi connectivity index (χ3v) is 7.98. The SMILES string of the molecule is COc1ccc(S(=O)(=O)N(CCc2ccccc2)CC(=O)Nc2cc(Cl)c(Cl)cc2Cl)cc1C. The summed E-state index contributed by atoms with van der Waals surface area (Å²) in [4.78, 5) is 12.9. The van der Waals surface area contributed by atoms with Gasteiger partial charge in [0.1, 0.15) is 5.75 Å². The lowest BCUT2D eigenvalue weighted by Crippen LogP contribution is -2.39. The molecule has 0 unspecified atom stereocenters. The van der Waals surface area contributed by atoms with Gasteiger partial charge in [0.2, 0.25) is 15.9 Å². The highest BCUT2D eigenvalue weighted by Gasteiger charge is 2.27. The van der Waals surface area contributed by atoms with Gasteiger partial charge < -0.3 is 10.1 Å². The fraction of sp³-hybridized carbons (Fsp3) is 0.208. The zero-order valence-electron chi connectivity index (χ0n) is 18.5. The summed E-state index contributed by atoms with van der Waals surface area (Å²) in [5.41, 5.74) is 1.85. The van der Waals surface area contributed by atoms with Crippen molar-refractivity contribution in [1.29, 1.82) is 0 Å². The van der Waals surface area contributed by atoms with Crippen molar-refractivity contribution >= 4 is 56.4 Å². The van der Waals surface area contributed by atoms with Crippen LogP contribution in [0, 0.1) is 6.92 Å². The number of halogens is 3. The van der Waals surface area contributed by atoms with Gasteiger partial charge in [-0.3, -0.25) is 4.79 Å². The van der Waals surface area contributed by atoms with E-state index in [1.54, 1.807) is 13.0 Å². The maximum Gasteiger partial charge on any atom is 0.243 e. The molecule has 0 aliphatic heterocycles. The topological polar surface area (TPSA) is 75.7 Å². The number of ether oxygens (including phenoxy) is 1. The molecule has 1 N–H and O–H groups in total. The Morgan fingerprint density at radius 1 is 0.971 bits per heavy atom. The number of anilines is 1. The first-order valence-corrected chi connectivity index (χ1v) is 12.8. The number of benzene rings is 3. The molecule has 0 aromatic heterocycles. The molecule has 180 valence electrons. The van der Waals surface area contributed by atoms with Gasteiger partial charge in [-0.05, 0) is 54.8 Å². The molecule has 10 heteroatoms. The highest BCUT2D eigenvalue weighted by Crippen LogP contribution is 2.32. The van der Waals surface area contributed by atoms with Gasteiger partial charge in [0.05, 0.1) is 39.3 Å². The molecule has 0 saturated carbocycles. The third-order valence-electron chi connectivity index (χ3n) is 5.10. The Kier molecular flexibility index (Phi) is 8.84. The molecule has 3 aromatic carbocycles. The first-order valence-electron chi connectivity index (χ1n) is 10.2. The largest absolute Gasteiger partial charge is 0.496 e. The molecule has 0 radical (unpaired) electrons. The maximum absolute atomic E-state index is 13.5. The first-order chi connectivity index (χ1) is 16.1. The van der Waals surface area contributed by atoms with E-state index in [1.807, 2.05) is 30.3 Å². The minimum Gasteiger partial charge on any atom is -0.496 e. The zero-order chi connectivity index (χ0) is 24.9. The van der Waals surface area contributed by atoms with Gasteiger partial charge in [-0.25, -0.2) is 8.42 Å². The number of nitrogens with one attached hydrogen (secondary N) is 1. The first kappa shape index (κ1) is 26.3. The van der Waals surface area contributed by atoms with E-state index in [9.17, 15) is 13.2 Å². The lowest BCUT2D eigenvalue weighted by molar-refractivity contribution is -0.116. The lowest BCUT2D eigenvalue weighted by Gasteiger charge is -2.22. The standard InChI is InChI=1S/C24H23Cl3N2O4S/c1-16-12-18(8-9-23(16)33-2)34(31,32)29(11-10-17-6-4-3-5-7-17)15-24(30)28-22-14-20(26)19(25)13-21(22)27/h3-9,12-14H,10-11,15H2,1-2H3,(H,28,30). The van der Waals surface area contributed by atoms with Crippen LogP contribution >= 0.6 is 34.8 Å². The van der Waals surface area contributed by atoms with Crippen LogP contribution in [0.2, 0.25) is 15.1 Å². The van der Waals surface area contributed by atoms with Gasteiger partial charge in [0, 0.05) is 6.54 Å². The molecule has 3 aromatic rings. The van der Waals surface area contributed by atoms with Crippen molar-refractivity contribution in [1.82, 2.24) is 4.31 Å². The Bertz CT molecular complexity index is 1280. The minimum atomic E-state index is -3.99. The zero-order valence-corrected chi connectivity index (χ0v) is 21.6. The maximum atomic E-state index is 13.5. The second kappa shape index (κ2) is 11.4. The van der Waals surface area contributed by atoms with Crippen molar-refractivity contribution in [2.24, 2.45) is 0 Å². The van der Waals surface area contributed by atoms with Crippen LogP contribution in [-0.4, -0.2) is 38.8 Å². The molecule has 0 saturated heterocycles. The molecule has 0 aliphatic rings. The van der Waals surface area contributed by atoms with E-state index < -0.39 is 22.5 Å². The van der Waals surface area contributed by atoms with Crippen LogP contribution in [0.3, 0.4) is 0 Å². The number of carbonyl (C=O) groups excluding carboxylic acids is 1. The van der Waals surface area contributed by atoms with E-state index in [1.165, 1.54) is 31.4 Å². The van der Waals surface area contributed by atoms with Crippen molar-refractivity contribution in [3.8, 4) is 5.75 Å². The van der Waals surface area contributed by atoms with Crippen LogP contribution in [0.5, 0.6) is 5.75 Å². The number of carbonyl (C=O) groups is 1. The fourth-order valence-corrected chi connectivity index (χ4v) is 5.39. The van der Waals surface area contributed by atoms with E-state index in [0.717, 1.165) is 9.87 Å². The van der Waals surface area contributed by atoms with Gasteiger partial charge in [-0.2, -0.15) is 4.31 Å². The summed E-state index contributed by atoms with van der Waals surface area (Å²) in [7, 11) is -2.48. The second-order valence-electron chi connectivity index (χ2n) is 7.50. The Morgan fingerprint density at radius 2 is 1.65 bits per heavy atom. The van der Waals surface area contributed by atoms with Gasteiger partial charge >= 0.3 is 0 Å². The summed E-state index contributed by atoms with van der Waals surface area (Å²) in [5, 5.41) is 3.26. The summed E-state index contributed by atoms with van der Waals surface area (Å²) < 4.78 is 33.4. The number of methoxy groups -OCH3 is 1. The lowest BCUT2D eigenvalue weighted by atomic mass is 10.1. The monoisotopic (exact) mass is 540 g/mol. The van der Waals surface area contributed by atoms with Crippen LogP contribution in [-0.2, 0) is 21.2 Å². The Labute approximate surface area is 214 Å². The van der Waals surface area contributed by atoms with Gasteiger partial charge in [0.15, 0.2) is 0 Å².